The molecule has 0 bridgehead atoms. The molecule has 0 aromatic carbocycles. The zero-order chi connectivity index (χ0) is 21.3. The number of carbonyl (C=O) groups is 2. The van der Waals surface area contributed by atoms with Crippen molar-refractivity contribution in [2.75, 3.05) is 32.7 Å². The molecular formula is C23H39FN4O2. The zero-order valence-electron chi connectivity index (χ0n) is 18.6. The van der Waals surface area contributed by atoms with Crippen LogP contribution in [0.25, 0.3) is 0 Å². The van der Waals surface area contributed by atoms with Gasteiger partial charge in [0.05, 0.1) is 6.04 Å². The Morgan fingerprint density at radius 2 is 1.83 bits per heavy atom. The Hall–Kier alpha value is -1.21. The Balaban J connectivity index is 1.23. The maximum Gasteiger partial charge on any atom is 0.237 e. The summed E-state index contributed by atoms with van der Waals surface area (Å²) in [4.78, 5) is 28.8. The van der Waals surface area contributed by atoms with Crippen molar-refractivity contribution in [2.24, 2.45) is 17.8 Å². The number of rotatable bonds is 4. The summed E-state index contributed by atoms with van der Waals surface area (Å²) in [5.74, 6) is 1.29. The summed E-state index contributed by atoms with van der Waals surface area (Å²) in [5, 5.41) is 6.75. The summed E-state index contributed by atoms with van der Waals surface area (Å²) in [6.07, 6.45) is 5.86. The van der Waals surface area contributed by atoms with E-state index >= 15 is 0 Å². The summed E-state index contributed by atoms with van der Waals surface area (Å²) >= 11 is 0. The molecule has 2 N–H and O–H groups in total. The van der Waals surface area contributed by atoms with Crippen LogP contribution in [0.5, 0.6) is 0 Å². The molecule has 7 atom stereocenters. The van der Waals surface area contributed by atoms with Crippen LogP contribution in [-0.2, 0) is 9.59 Å². The smallest absolute Gasteiger partial charge is 0.237 e. The second-order valence-corrected chi connectivity index (χ2v) is 10.3. The van der Waals surface area contributed by atoms with Crippen LogP contribution in [0.15, 0.2) is 0 Å². The number of alkyl halides is 1. The summed E-state index contributed by atoms with van der Waals surface area (Å²) in [5.41, 5.74) is 0. The van der Waals surface area contributed by atoms with Gasteiger partial charge >= 0.3 is 0 Å². The average Bonchev–Trinajstić information content (AvgIpc) is 3.19. The lowest BCUT2D eigenvalue weighted by atomic mass is 9.77. The van der Waals surface area contributed by atoms with Gasteiger partial charge in [-0.3, -0.25) is 14.5 Å². The fourth-order valence-corrected chi connectivity index (χ4v) is 6.30. The van der Waals surface area contributed by atoms with Crippen molar-refractivity contribution < 1.29 is 14.0 Å². The fourth-order valence-electron chi connectivity index (χ4n) is 6.30. The largest absolute Gasteiger partial charge is 0.352 e. The summed E-state index contributed by atoms with van der Waals surface area (Å²) in [6, 6.07) is 0.147. The molecule has 0 spiro atoms. The zero-order valence-corrected chi connectivity index (χ0v) is 18.6. The molecule has 170 valence electrons. The van der Waals surface area contributed by atoms with Gasteiger partial charge in [-0.2, -0.15) is 0 Å². The minimum atomic E-state index is -0.765. The van der Waals surface area contributed by atoms with Crippen molar-refractivity contribution in [3.05, 3.63) is 0 Å². The lowest BCUT2D eigenvalue weighted by molar-refractivity contribution is -0.130. The third-order valence-corrected chi connectivity index (χ3v) is 8.12. The van der Waals surface area contributed by atoms with Crippen LogP contribution in [0.4, 0.5) is 4.39 Å². The van der Waals surface area contributed by atoms with Gasteiger partial charge in [-0.05, 0) is 50.4 Å². The van der Waals surface area contributed by atoms with Crippen molar-refractivity contribution >= 4 is 11.8 Å². The van der Waals surface area contributed by atoms with Gasteiger partial charge in [0.25, 0.3) is 0 Å². The van der Waals surface area contributed by atoms with E-state index in [1.165, 1.54) is 6.42 Å². The molecule has 2 saturated heterocycles. The predicted octanol–water partition coefficient (Wildman–Crippen LogP) is 1.94. The number of fused-ring (bicyclic) bond motifs is 1. The molecule has 4 fully saturated rings. The van der Waals surface area contributed by atoms with Crippen LogP contribution in [0.1, 0.15) is 58.8 Å². The van der Waals surface area contributed by atoms with E-state index in [1.807, 2.05) is 4.90 Å². The monoisotopic (exact) mass is 422 g/mol. The average molecular weight is 423 g/mol. The highest BCUT2D eigenvalue weighted by Gasteiger charge is 2.46. The number of carbonyl (C=O) groups excluding carboxylic acids is 2. The standard InChI is InChI=1S/C23H39FN4O2/c1-15-6-7-20(24)19-13-21(26-22(15)19)23(30)25-18-5-3-4-17(12-18)14-27-8-10-28(11-9-27)16(2)29/h15,17-22,26H,3-14H2,1-2H3,(H,25,30)/t15?,17-,18+,19?,20?,21?,22?/m1/s1. The molecule has 7 heteroatoms. The van der Waals surface area contributed by atoms with Gasteiger partial charge in [-0.15, -0.1) is 0 Å². The van der Waals surface area contributed by atoms with Gasteiger partial charge in [-0.25, -0.2) is 4.39 Å². The highest BCUT2D eigenvalue weighted by molar-refractivity contribution is 5.82. The van der Waals surface area contributed by atoms with Crippen LogP contribution in [0, 0.1) is 17.8 Å². The van der Waals surface area contributed by atoms with Crippen molar-refractivity contribution in [3.63, 3.8) is 0 Å². The molecule has 2 aliphatic carbocycles. The van der Waals surface area contributed by atoms with E-state index in [0.717, 1.165) is 58.4 Å². The lowest BCUT2D eigenvalue weighted by Gasteiger charge is -2.38. The number of hydrogen-bond donors (Lipinski definition) is 2. The maximum atomic E-state index is 14.4. The lowest BCUT2D eigenvalue weighted by Crippen LogP contribution is -2.51. The number of nitrogens with zero attached hydrogens (tertiary/aromatic N) is 2. The van der Waals surface area contributed by atoms with Crippen molar-refractivity contribution in [1.82, 2.24) is 20.4 Å². The molecule has 0 aromatic heterocycles. The highest BCUT2D eigenvalue weighted by atomic mass is 19.1. The Bertz CT molecular complexity index is 606. The molecule has 2 amide bonds. The van der Waals surface area contributed by atoms with Crippen molar-refractivity contribution in [3.8, 4) is 0 Å². The summed E-state index contributed by atoms with van der Waals surface area (Å²) in [7, 11) is 0. The first kappa shape index (κ1) is 22.0. The minimum absolute atomic E-state index is 0.00252. The quantitative estimate of drug-likeness (QED) is 0.727. The number of piperazine rings is 1. The molecule has 30 heavy (non-hydrogen) atoms. The fraction of sp³-hybridized carbons (Fsp3) is 0.913. The summed E-state index contributed by atoms with van der Waals surface area (Å²) < 4.78 is 14.4. The van der Waals surface area contributed by atoms with Crippen LogP contribution >= 0.6 is 0 Å². The second-order valence-electron chi connectivity index (χ2n) is 10.3. The normalized spacial score (nSPS) is 40.1. The molecule has 2 heterocycles. The molecule has 0 radical (unpaired) electrons. The van der Waals surface area contributed by atoms with E-state index in [2.05, 4.69) is 22.5 Å². The van der Waals surface area contributed by atoms with Crippen LogP contribution in [0.2, 0.25) is 0 Å². The van der Waals surface area contributed by atoms with Gasteiger partial charge in [0.1, 0.15) is 6.17 Å². The van der Waals surface area contributed by atoms with Gasteiger partial charge in [0.2, 0.25) is 11.8 Å². The number of halogens is 1. The predicted molar refractivity (Wildman–Crippen MR) is 115 cm³/mol. The minimum Gasteiger partial charge on any atom is -0.352 e. The van der Waals surface area contributed by atoms with Gasteiger partial charge in [0.15, 0.2) is 0 Å². The Morgan fingerprint density at radius 3 is 2.53 bits per heavy atom. The molecule has 2 aliphatic heterocycles. The Morgan fingerprint density at radius 1 is 1.07 bits per heavy atom. The maximum absolute atomic E-state index is 14.4. The first-order valence-corrected chi connectivity index (χ1v) is 12.1. The molecule has 4 rings (SSSR count). The number of hydrogen-bond acceptors (Lipinski definition) is 4. The molecular weight excluding hydrogens is 383 g/mol. The first-order valence-electron chi connectivity index (χ1n) is 12.1. The Labute approximate surface area is 180 Å². The van der Waals surface area contributed by atoms with Crippen LogP contribution in [-0.4, -0.2) is 78.6 Å². The number of amides is 2. The third-order valence-electron chi connectivity index (χ3n) is 8.12. The van der Waals surface area contributed by atoms with Crippen molar-refractivity contribution in [1.29, 1.82) is 0 Å². The first-order chi connectivity index (χ1) is 14.4. The topological polar surface area (TPSA) is 64.7 Å². The summed E-state index contributed by atoms with van der Waals surface area (Å²) in [6.45, 7) is 8.43. The van der Waals surface area contributed by atoms with E-state index in [9.17, 15) is 14.0 Å². The van der Waals surface area contributed by atoms with Crippen LogP contribution in [0.3, 0.4) is 0 Å². The van der Waals surface area contributed by atoms with E-state index in [0.29, 0.717) is 24.7 Å². The van der Waals surface area contributed by atoms with Crippen LogP contribution < -0.4 is 10.6 Å². The van der Waals surface area contributed by atoms with E-state index in [4.69, 9.17) is 0 Å². The van der Waals surface area contributed by atoms with E-state index in [1.54, 1.807) is 6.92 Å². The Kier molecular flexibility index (Phi) is 6.98. The third kappa shape index (κ3) is 4.98. The highest BCUT2D eigenvalue weighted by Crippen LogP contribution is 2.38. The number of nitrogens with one attached hydrogen (secondary N) is 2. The molecule has 0 aromatic rings. The second kappa shape index (κ2) is 9.51. The molecule has 5 unspecified atom stereocenters. The van der Waals surface area contributed by atoms with Gasteiger partial charge in [0, 0.05) is 57.6 Å². The molecule has 4 aliphatic rings. The van der Waals surface area contributed by atoms with Gasteiger partial charge in [-0.1, -0.05) is 13.3 Å². The molecule has 6 nitrogen and oxygen atoms in total. The molecule has 2 saturated carbocycles. The SMILES string of the molecule is CC(=O)N1CCN(C[C@@H]2CCC[C@H](NC(=O)C3CC4C(F)CCC(C)C4N3)C2)CC1. The van der Waals surface area contributed by atoms with Gasteiger partial charge < -0.3 is 15.5 Å². The van der Waals surface area contributed by atoms with Crippen molar-refractivity contribution in [2.45, 2.75) is 83.1 Å². The van der Waals surface area contributed by atoms with E-state index in [-0.39, 0.29) is 35.9 Å². The van der Waals surface area contributed by atoms with E-state index < -0.39 is 6.17 Å².